The summed E-state index contributed by atoms with van der Waals surface area (Å²) in [4.78, 5) is 23.7. The largest absolute Gasteiger partial charge is 0.464 e. The standard InChI is InChI=1S/C16H31NO4/c1-6-7-8-9-20-15(18)14(10-12(2)3)17-16(19)21-11-13(4)5/h12-14H,6-11H2,1-5H3,(H,17,19)/t14-/m0/s1. The number of rotatable bonds is 10. The molecular formula is C16H31NO4. The zero-order valence-electron chi connectivity index (χ0n) is 14.1. The predicted octanol–water partition coefficient (Wildman–Crippen LogP) is 3.52. The fourth-order valence-corrected chi connectivity index (χ4v) is 1.74. The van der Waals surface area contributed by atoms with Crippen molar-refractivity contribution in [3.05, 3.63) is 0 Å². The molecule has 1 amide bonds. The fourth-order valence-electron chi connectivity index (χ4n) is 1.74. The van der Waals surface area contributed by atoms with Crippen molar-refractivity contribution < 1.29 is 19.1 Å². The Balaban J connectivity index is 4.29. The number of nitrogens with one attached hydrogen (secondary N) is 1. The van der Waals surface area contributed by atoms with E-state index < -0.39 is 12.1 Å². The van der Waals surface area contributed by atoms with E-state index in [4.69, 9.17) is 9.47 Å². The lowest BCUT2D eigenvalue weighted by atomic mass is 10.0. The lowest BCUT2D eigenvalue weighted by molar-refractivity contribution is -0.146. The monoisotopic (exact) mass is 301 g/mol. The summed E-state index contributed by atoms with van der Waals surface area (Å²) >= 11 is 0. The maximum Gasteiger partial charge on any atom is 0.407 e. The second-order valence-corrected chi connectivity index (χ2v) is 6.19. The van der Waals surface area contributed by atoms with Crippen LogP contribution in [0.25, 0.3) is 0 Å². The van der Waals surface area contributed by atoms with Gasteiger partial charge in [-0.2, -0.15) is 0 Å². The minimum absolute atomic E-state index is 0.264. The summed E-state index contributed by atoms with van der Waals surface area (Å²) in [5, 5.41) is 2.61. The van der Waals surface area contributed by atoms with Gasteiger partial charge in [0.25, 0.3) is 0 Å². The van der Waals surface area contributed by atoms with Crippen molar-refractivity contribution in [1.82, 2.24) is 5.32 Å². The summed E-state index contributed by atoms with van der Waals surface area (Å²) in [6.45, 7) is 10.8. The number of carbonyl (C=O) groups excluding carboxylic acids is 2. The Morgan fingerprint density at radius 2 is 1.67 bits per heavy atom. The number of unbranched alkanes of at least 4 members (excludes halogenated alkanes) is 2. The molecule has 0 aromatic carbocycles. The number of ether oxygens (including phenoxy) is 2. The average Bonchev–Trinajstić information content (AvgIpc) is 2.40. The molecule has 0 heterocycles. The summed E-state index contributed by atoms with van der Waals surface area (Å²) < 4.78 is 10.3. The van der Waals surface area contributed by atoms with E-state index in [9.17, 15) is 9.59 Å². The van der Waals surface area contributed by atoms with Crippen LogP contribution in [-0.4, -0.2) is 31.3 Å². The molecule has 0 rings (SSSR count). The summed E-state index contributed by atoms with van der Waals surface area (Å²) in [5.41, 5.74) is 0. The summed E-state index contributed by atoms with van der Waals surface area (Å²) in [6.07, 6.45) is 2.95. The van der Waals surface area contributed by atoms with Gasteiger partial charge in [-0.05, 0) is 24.7 Å². The van der Waals surface area contributed by atoms with Gasteiger partial charge in [0.05, 0.1) is 13.2 Å². The Morgan fingerprint density at radius 1 is 1.00 bits per heavy atom. The van der Waals surface area contributed by atoms with E-state index in [1.54, 1.807) is 0 Å². The third-order valence-corrected chi connectivity index (χ3v) is 2.82. The van der Waals surface area contributed by atoms with E-state index in [2.05, 4.69) is 12.2 Å². The lowest BCUT2D eigenvalue weighted by Gasteiger charge is -2.19. The summed E-state index contributed by atoms with van der Waals surface area (Å²) in [7, 11) is 0. The SMILES string of the molecule is CCCCCOC(=O)[C@H](CC(C)C)NC(=O)OCC(C)C. The Hall–Kier alpha value is -1.26. The Bertz CT molecular complexity index is 303. The molecule has 0 bridgehead atoms. The smallest absolute Gasteiger partial charge is 0.407 e. The van der Waals surface area contributed by atoms with Crippen molar-refractivity contribution >= 4 is 12.1 Å². The molecule has 0 spiro atoms. The maximum atomic E-state index is 12.0. The van der Waals surface area contributed by atoms with Crippen molar-refractivity contribution in [2.45, 2.75) is 66.3 Å². The fraction of sp³-hybridized carbons (Fsp3) is 0.875. The van der Waals surface area contributed by atoms with E-state index >= 15 is 0 Å². The summed E-state index contributed by atoms with van der Waals surface area (Å²) in [5.74, 6) is 0.171. The first-order chi connectivity index (χ1) is 9.86. The first-order valence-corrected chi connectivity index (χ1v) is 7.96. The Morgan fingerprint density at radius 3 is 2.19 bits per heavy atom. The minimum atomic E-state index is -0.633. The van der Waals surface area contributed by atoms with E-state index in [1.165, 1.54) is 0 Å². The number of esters is 1. The molecule has 5 nitrogen and oxygen atoms in total. The van der Waals surface area contributed by atoms with Gasteiger partial charge >= 0.3 is 12.1 Å². The van der Waals surface area contributed by atoms with Crippen LogP contribution in [0.5, 0.6) is 0 Å². The first kappa shape index (κ1) is 19.7. The van der Waals surface area contributed by atoms with Gasteiger partial charge in [0.15, 0.2) is 0 Å². The van der Waals surface area contributed by atoms with Crippen LogP contribution in [-0.2, 0) is 14.3 Å². The van der Waals surface area contributed by atoms with Gasteiger partial charge in [-0.1, -0.05) is 47.5 Å². The van der Waals surface area contributed by atoms with Crippen LogP contribution < -0.4 is 5.32 Å². The molecule has 0 aromatic rings. The van der Waals surface area contributed by atoms with Crippen LogP contribution >= 0.6 is 0 Å². The number of alkyl carbamates (subject to hydrolysis) is 1. The van der Waals surface area contributed by atoms with Gasteiger partial charge < -0.3 is 14.8 Å². The molecule has 0 aromatic heterocycles. The molecule has 0 aliphatic carbocycles. The Kier molecular flexibility index (Phi) is 10.7. The molecule has 0 fully saturated rings. The predicted molar refractivity (Wildman–Crippen MR) is 83.0 cm³/mol. The molecule has 124 valence electrons. The van der Waals surface area contributed by atoms with Crippen LogP contribution in [0.1, 0.15) is 60.3 Å². The molecule has 0 saturated heterocycles. The van der Waals surface area contributed by atoms with Crippen LogP contribution in [0.3, 0.4) is 0 Å². The van der Waals surface area contributed by atoms with E-state index in [1.807, 2.05) is 27.7 Å². The van der Waals surface area contributed by atoms with Crippen molar-refractivity contribution in [3.63, 3.8) is 0 Å². The quantitative estimate of drug-likeness (QED) is 0.495. The molecule has 21 heavy (non-hydrogen) atoms. The highest BCUT2D eigenvalue weighted by Gasteiger charge is 2.24. The minimum Gasteiger partial charge on any atom is -0.464 e. The number of amides is 1. The molecule has 0 radical (unpaired) electrons. The van der Waals surface area contributed by atoms with E-state index in [0.29, 0.717) is 19.6 Å². The normalized spacial score (nSPS) is 12.3. The van der Waals surface area contributed by atoms with Crippen molar-refractivity contribution in [1.29, 1.82) is 0 Å². The topological polar surface area (TPSA) is 64.6 Å². The molecule has 0 aliphatic heterocycles. The van der Waals surface area contributed by atoms with Crippen LogP contribution in [0.15, 0.2) is 0 Å². The zero-order chi connectivity index (χ0) is 16.3. The third kappa shape index (κ3) is 11.1. The van der Waals surface area contributed by atoms with Gasteiger partial charge in [0.2, 0.25) is 0 Å². The highest BCUT2D eigenvalue weighted by molar-refractivity contribution is 5.81. The van der Waals surface area contributed by atoms with Gasteiger partial charge in [-0.3, -0.25) is 0 Å². The summed E-state index contributed by atoms with van der Waals surface area (Å²) in [6, 6.07) is -0.633. The molecule has 1 N–H and O–H groups in total. The van der Waals surface area contributed by atoms with Gasteiger partial charge in [-0.25, -0.2) is 9.59 Å². The van der Waals surface area contributed by atoms with Crippen molar-refractivity contribution in [3.8, 4) is 0 Å². The molecule has 0 unspecified atom stereocenters. The maximum absolute atomic E-state index is 12.0. The first-order valence-electron chi connectivity index (χ1n) is 7.96. The van der Waals surface area contributed by atoms with Crippen molar-refractivity contribution in [2.24, 2.45) is 11.8 Å². The second kappa shape index (κ2) is 11.4. The van der Waals surface area contributed by atoms with Gasteiger partial charge in [-0.15, -0.1) is 0 Å². The molecule has 5 heteroatoms. The van der Waals surface area contributed by atoms with Crippen LogP contribution in [0.2, 0.25) is 0 Å². The number of hydrogen-bond donors (Lipinski definition) is 1. The van der Waals surface area contributed by atoms with Crippen molar-refractivity contribution in [2.75, 3.05) is 13.2 Å². The number of carbonyl (C=O) groups is 2. The highest BCUT2D eigenvalue weighted by Crippen LogP contribution is 2.08. The number of hydrogen-bond acceptors (Lipinski definition) is 4. The van der Waals surface area contributed by atoms with E-state index in [0.717, 1.165) is 19.3 Å². The highest BCUT2D eigenvalue weighted by atomic mass is 16.6. The zero-order valence-corrected chi connectivity index (χ0v) is 14.1. The van der Waals surface area contributed by atoms with E-state index in [-0.39, 0.29) is 17.8 Å². The molecular weight excluding hydrogens is 270 g/mol. The second-order valence-electron chi connectivity index (χ2n) is 6.19. The van der Waals surface area contributed by atoms with Gasteiger partial charge in [0, 0.05) is 0 Å². The molecule has 0 aliphatic rings. The van der Waals surface area contributed by atoms with Gasteiger partial charge in [0.1, 0.15) is 6.04 Å². The van der Waals surface area contributed by atoms with Crippen LogP contribution in [0, 0.1) is 11.8 Å². The molecule has 1 atom stereocenters. The lowest BCUT2D eigenvalue weighted by Crippen LogP contribution is -2.43. The van der Waals surface area contributed by atoms with Crippen LogP contribution in [0.4, 0.5) is 4.79 Å². The molecule has 0 saturated carbocycles. The third-order valence-electron chi connectivity index (χ3n) is 2.82. The Labute approximate surface area is 128 Å². The average molecular weight is 301 g/mol.